The molecular weight excluding hydrogens is 310 g/mol. The van der Waals surface area contributed by atoms with E-state index < -0.39 is 0 Å². The largest absolute Gasteiger partial charge is 0.383 e. The van der Waals surface area contributed by atoms with E-state index >= 15 is 0 Å². The molecule has 1 atom stereocenters. The lowest BCUT2D eigenvalue weighted by Crippen LogP contribution is -2.32. The van der Waals surface area contributed by atoms with Crippen molar-refractivity contribution >= 4 is 5.91 Å². The molecule has 7 nitrogen and oxygen atoms in total. The molecule has 1 saturated heterocycles. The van der Waals surface area contributed by atoms with E-state index in [1.165, 1.54) is 10.6 Å². The molecule has 2 aromatic heterocycles. The fourth-order valence-electron chi connectivity index (χ4n) is 3.03. The van der Waals surface area contributed by atoms with Crippen molar-refractivity contribution in [3.05, 3.63) is 51.8 Å². The Morgan fingerprint density at radius 2 is 2.29 bits per heavy atom. The average molecular weight is 331 g/mol. The summed E-state index contributed by atoms with van der Waals surface area (Å²) in [5, 5.41) is 3.91. The summed E-state index contributed by atoms with van der Waals surface area (Å²) in [6, 6.07) is 4.77. The minimum absolute atomic E-state index is 0.0990. The molecule has 2 aromatic rings. The molecule has 0 spiro atoms. The third-order valence-corrected chi connectivity index (χ3v) is 4.26. The molecule has 0 N–H and O–H groups in total. The van der Waals surface area contributed by atoms with Crippen molar-refractivity contribution in [2.24, 2.45) is 0 Å². The summed E-state index contributed by atoms with van der Waals surface area (Å²) in [6.07, 6.45) is 3.37. The van der Waals surface area contributed by atoms with Crippen LogP contribution >= 0.6 is 0 Å². The van der Waals surface area contributed by atoms with Gasteiger partial charge in [0, 0.05) is 38.5 Å². The molecule has 7 heteroatoms. The zero-order valence-electron chi connectivity index (χ0n) is 13.9. The van der Waals surface area contributed by atoms with Gasteiger partial charge in [0.1, 0.15) is 0 Å². The molecule has 0 saturated carbocycles. The van der Waals surface area contributed by atoms with Crippen LogP contribution in [0.2, 0.25) is 0 Å². The summed E-state index contributed by atoms with van der Waals surface area (Å²) in [5.74, 6) is 0.615. The summed E-state index contributed by atoms with van der Waals surface area (Å²) in [4.78, 5) is 26.6. The van der Waals surface area contributed by atoms with E-state index in [4.69, 9.17) is 9.26 Å². The van der Waals surface area contributed by atoms with E-state index in [0.717, 1.165) is 18.5 Å². The number of nitrogens with zero attached hydrogens (tertiary/aromatic N) is 3. The highest BCUT2D eigenvalue weighted by molar-refractivity contribution is 5.94. The van der Waals surface area contributed by atoms with Crippen LogP contribution in [0, 0.1) is 6.92 Å². The lowest BCUT2D eigenvalue weighted by Gasteiger charge is -2.23. The fourth-order valence-corrected chi connectivity index (χ4v) is 3.03. The van der Waals surface area contributed by atoms with Crippen LogP contribution in [0.25, 0.3) is 0 Å². The number of ether oxygens (including phenoxy) is 1. The Morgan fingerprint density at radius 1 is 1.46 bits per heavy atom. The summed E-state index contributed by atoms with van der Waals surface area (Å²) in [5.41, 5.74) is 1.15. The van der Waals surface area contributed by atoms with E-state index in [9.17, 15) is 9.59 Å². The first-order chi connectivity index (χ1) is 11.6. The lowest BCUT2D eigenvalue weighted by atomic mass is 10.1. The SMILES string of the molecule is COCCn1cc(C(=O)N2CCC[C@@H]2c2cc(C)no2)ccc1=O. The maximum Gasteiger partial charge on any atom is 0.255 e. The number of methoxy groups -OCH3 is 1. The van der Waals surface area contributed by atoms with Gasteiger partial charge in [-0.15, -0.1) is 0 Å². The Bertz CT molecular complexity index is 780. The molecule has 24 heavy (non-hydrogen) atoms. The first-order valence-electron chi connectivity index (χ1n) is 8.04. The molecular formula is C17H21N3O4. The van der Waals surface area contributed by atoms with Crippen molar-refractivity contribution in [2.45, 2.75) is 32.4 Å². The number of aryl methyl sites for hydroxylation is 1. The van der Waals surface area contributed by atoms with Gasteiger partial charge in [-0.3, -0.25) is 9.59 Å². The molecule has 0 bridgehead atoms. The Morgan fingerprint density at radius 3 is 3.00 bits per heavy atom. The number of carbonyl (C=O) groups is 1. The van der Waals surface area contributed by atoms with Gasteiger partial charge in [-0.1, -0.05) is 5.16 Å². The van der Waals surface area contributed by atoms with E-state index in [1.807, 2.05) is 13.0 Å². The molecule has 1 aliphatic rings. The minimum Gasteiger partial charge on any atom is -0.383 e. The van der Waals surface area contributed by atoms with Crippen LogP contribution < -0.4 is 5.56 Å². The molecule has 0 unspecified atom stereocenters. The molecule has 0 aliphatic carbocycles. The maximum atomic E-state index is 12.9. The topological polar surface area (TPSA) is 77.6 Å². The minimum atomic E-state index is -0.146. The Kier molecular flexibility index (Phi) is 4.80. The molecule has 0 radical (unpaired) electrons. The zero-order chi connectivity index (χ0) is 17.1. The summed E-state index contributed by atoms with van der Waals surface area (Å²) >= 11 is 0. The number of amides is 1. The van der Waals surface area contributed by atoms with Gasteiger partial charge in [0.15, 0.2) is 5.76 Å². The van der Waals surface area contributed by atoms with Crippen LogP contribution in [0.1, 0.15) is 40.7 Å². The van der Waals surface area contributed by atoms with E-state index in [0.29, 0.717) is 31.0 Å². The number of pyridine rings is 1. The second kappa shape index (κ2) is 7.00. The summed E-state index contributed by atoms with van der Waals surface area (Å²) in [6.45, 7) is 3.36. The van der Waals surface area contributed by atoms with Crippen molar-refractivity contribution < 1.29 is 14.1 Å². The van der Waals surface area contributed by atoms with Gasteiger partial charge in [-0.05, 0) is 25.8 Å². The number of hydrogen-bond acceptors (Lipinski definition) is 5. The van der Waals surface area contributed by atoms with E-state index in [2.05, 4.69) is 5.16 Å². The van der Waals surface area contributed by atoms with Gasteiger partial charge in [-0.25, -0.2) is 0 Å². The second-order valence-electron chi connectivity index (χ2n) is 5.97. The third kappa shape index (κ3) is 3.26. The first kappa shape index (κ1) is 16.4. The second-order valence-corrected chi connectivity index (χ2v) is 5.97. The highest BCUT2D eigenvalue weighted by Gasteiger charge is 2.33. The molecule has 1 amide bonds. The smallest absolute Gasteiger partial charge is 0.255 e. The highest BCUT2D eigenvalue weighted by atomic mass is 16.5. The molecule has 128 valence electrons. The molecule has 0 aromatic carbocycles. The summed E-state index contributed by atoms with van der Waals surface area (Å²) in [7, 11) is 1.58. The number of likely N-dealkylation sites (tertiary alicyclic amines) is 1. The van der Waals surface area contributed by atoms with Crippen LogP contribution in [0.3, 0.4) is 0 Å². The first-order valence-corrected chi connectivity index (χ1v) is 8.04. The predicted molar refractivity (Wildman–Crippen MR) is 86.8 cm³/mol. The van der Waals surface area contributed by atoms with Crippen molar-refractivity contribution in [3.63, 3.8) is 0 Å². The van der Waals surface area contributed by atoms with Gasteiger partial charge in [-0.2, -0.15) is 0 Å². The van der Waals surface area contributed by atoms with Crippen molar-refractivity contribution in [1.29, 1.82) is 0 Å². The van der Waals surface area contributed by atoms with Gasteiger partial charge >= 0.3 is 0 Å². The monoisotopic (exact) mass is 331 g/mol. The van der Waals surface area contributed by atoms with Gasteiger partial charge in [0.05, 0.1) is 23.9 Å². The van der Waals surface area contributed by atoms with Gasteiger partial charge in [0.2, 0.25) is 0 Å². The normalized spacial score (nSPS) is 17.4. The van der Waals surface area contributed by atoms with Gasteiger partial charge < -0.3 is 18.7 Å². The average Bonchev–Trinajstić information content (AvgIpc) is 3.22. The van der Waals surface area contributed by atoms with Crippen LogP contribution in [-0.4, -0.2) is 40.8 Å². The van der Waals surface area contributed by atoms with Crippen LogP contribution in [-0.2, 0) is 11.3 Å². The molecule has 1 aliphatic heterocycles. The quantitative estimate of drug-likeness (QED) is 0.834. The maximum absolute atomic E-state index is 12.9. The number of carbonyl (C=O) groups excluding carboxylic acids is 1. The zero-order valence-corrected chi connectivity index (χ0v) is 13.9. The van der Waals surface area contributed by atoms with Crippen molar-refractivity contribution in [1.82, 2.24) is 14.6 Å². The lowest BCUT2D eigenvalue weighted by molar-refractivity contribution is 0.0713. The Balaban J connectivity index is 1.84. The number of aromatic nitrogens is 2. The molecule has 3 rings (SSSR count). The van der Waals surface area contributed by atoms with Crippen LogP contribution in [0.4, 0.5) is 0 Å². The highest BCUT2D eigenvalue weighted by Crippen LogP contribution is 2.33. The van der Waals surface area contributed by atoms with Crippen LogP contribution in [0.5, 0.6) is 0 Å². The standard InChI is InChI=1S/C17H21N3O4/c1-12-10-15(24-18-12)14-4-3-7-20(14)17(22)13-5-6-16(21)19(11-13)8-9-23-2/h5-6,10-11,14H,3-4,7-9H2,1-2H3/t14-/m1/s1. The Hall–Kier alpha value is -2.41. The Labute approximate surface area is 139 Å². The van der Waals surface area contributed by atoms with Crippen molar-refractivity contribution in [2.75, 3.05) is 20.3 Å². The molecule has 3 heterocycles. The molecule has 1 fully saturated rings. The summed E-state index contributed by atoms with van der Waals surface area (Å²) < 4.78 is 11.8. The fraction of sp³-hybridized carbons (Fsp3) is 0.471. The van der Waals surface area contributed by atoms with Crippen molar-refractivity contribution in [3.8, 4) is 0 Å². The van der Waals surface area contributed by atoms with Crippen LogP contribution in [0.15, 0.2) is 33.7 Å². The number of rotatable bonds is 5. The third-order valence-electron chi connectivity index (χ3n) is 4.26. The predicted octanol–water partition coefficient (Wildman–Crippen LogP) is 1.77. The van der Waals surface area contributed by atoms with E-state index in [1.54, 1.807) is 24.3 Å². The van der Waals surface area contributed by atoms with E-state index in [-0.39, 0.29) is 17.5 Å². The number of hydrogen-bond donors (Lipinski definition) is 0. The van der Waals surface area contributed by atoms with Gasteiger partial charge in [0.25, 0.3) is 11.5 Å².